The first kappa shape index (κ1) is 19.7. The van der Waals surface area contributed by atoms with Gasteiger partial charge in [-0.05, 0) is 38.1 Å². The number of amides is 1. The first-order valence-corrected chi connectivity index (χ1v) is 8.85. The van der Waals surface area contributed by atoms with Gasteiger partial charge in [-0.15, -0.1) is 0 Å². The van der Waals surface area contributed by atoms with Gasteiger partial charge in [0, 0.05) is 28.8 Å². The van der Waals surface area contributed by atoms with Gasteiger partial charge in [0.15, 0.2) is 0 Å². The molecular formula is C20H19N5O4. The van der Waals surface area contributed by atoms with Crippen molar-refractivity contribution in [1.29, 1.82) is 0 Å². The van der Waals surface area contributed by atoms with Gasteiger partial charge in [0.25, 0.3) is 11.6 Å². The van der Waals surface area contributed by atoms with Crippen LogP contribution in [0.15, 0.2) is 53.6 Å². The monoisotopic (exact) mass is 393 g/mol. The fourth-order valence-electron chi connectivity index (χ4n) is 2.72. The number of hydrogen-bond acceptors (Lipinski definition) is 6. The minimum atomic E-state index is -0.494. The molecule has 0 aliphatic carbocycles. The van der Waals surface area contributed by atoms with Crippen LogP contribution in [0.4, 0.5) is 5.69 Å². The van der Waals surface area contributed by atoms with Crippen molar-refractivity contribution in [2.75, 3.05) is 6.61 Å². The number of non-ortho nitro benzene ring substituents is 1. The third-order valence-corrected chi connectivity index (χ3v) is 4.14. The second-order valence-electron chi connectivity index (χ2n) is 6.08. The highest BCUT2D eigenvalue weighted by molar-refractivity contribution is 5.96. The summed E-state index contributed by atoms with van der Waals surface area (Å²) in [6.45, 7) is 4.29. The van der Waals surface area contributed by atoms with E-state index in [9.17, 15) is 14.9 Å². The zero-order valence-electron chi connectivity index (χ0n) is 15.9. The zero-order valence-corrected chi connectivity index (χ0v) is 15.9. The molecule has 0 bridgehead atoms. The molecule has 2 aromatic carbocycles. The third kappa shape index (κ3) is 4.64. The highest BCUT2D eigenvalue weighted by Crippen LogP contribution is 2.25. The Morgan fingerprint density at radius 1 is 1.31 bits per heavy atom. The van der Waals surface area contributed by atoms with Gasteiger partial charge in [0.2, 0.25) is 0 Å². The van der Waals surface area contributed by atoms with E-state index >= 15 is 0 Å². The molecule has 0 fully saturated rings. The van der Waals surface area contributed by atoms with Crippen LogP contribution in [0.2, 0.25) is 0 Å². The molecule has 29 heavy (non-hydrogen) atoms. The molecule has 0 saturated heterocycles. The number of ether oxygens (including phenoxy) is 1. The van der Waals surface area contributed by atoms with Crippen molar-refractivity contribution in [3.05, 3.63) is 75.5 Å². The molecule has 9 heteroatoms. The molecule has 0 aliphatic rings. The predicted molar refractivity (Wildman–Crippen MR) is 108 cm³/mol. The topological polar surface area (TPSA) is 123 Å². The molecule has 0 spiro atoms. The second kappa shape index (κ2) is 8.79. The summed E-state index contributed by atoms with van der Waals surface area (Å²) in [6.07, 6.45) is 1.34. The number of carbonyl (C=O) groups excluding carboxylic acids is 1. The maximum atomic E-state index is 12.4. The van der Waals surface area contributed by atoms with Gasteiger partial charge in [0.05, 0.1) is 23.4 Å². The van der Waals surface area contributed by atoms with Crippen molar-refractivity contribution < 1.29 is 14.5 Å². The molecule has 1 aromatic heterocycles. The third-order valence-electron chi connectivity index (χ3n) is 4.14. The van der Waals surface area contributed by atoms with E-state index in [0.29, 0.717) is 23.4 Å². The Hall–Kier alpha value is -4.01. The Labute approximate surface area is 166 Å². The minimum Gasteiger partial charge on any atom is -0.494 e. The predicted octanol–water partition coefficient (Wildman–Crippen LogP) is 3.46. The highest BCUT2D eigenvalue weighted by atomic mass is 16.6. The number of rotatable bonds is 7. The van der Waals surface area contributed by atoms with Gasteiger partial charge in [-0.1, -0.05) is 12.1 Å². The highest BCUT2D eigenvalue weighted by Gasteiger charge is 2.16. The first-order chi connectivity index (χ1) is 14.0. The minimum absolute atomic E-state index is 0.0512. The molecule has 0 saturated carbocycles. The van der Waals surface area contributed by atoms with E-state index in [1.165, 1.54) is 18.3 Å². The number of aromatic nitrogens is 2. The van der Waals surface area contributed by atoms with Crippen LogP contribution in [0.1, 0.15) is 28.5 Å². The molecular weight excluding hydrogens is 374 g/mol. The van der Waals surface area contributed by atoms with Gasteiger partial charge in [-0.2, -0.15) is 10.2 Å². The molecule has 3 aromatic rings. The van der Waals surface area contributed by atoms with Crippen molar-refractivity contribution in [2.24, 2.45) is 5.10 Å². The summed E-state index contributed by atoms with van der Waals surface area (Å²) >= 11 is 0. The Balaban J connectivity index is 1.70. The summed E-state index contributed by atoms with van der Waals surface area (Å²) < 4.78 is 5.43. The molecule has 0 radical (unpaired) electrons. The van der Waals surface area contributed by atoms with Crippen molar-refractivity contribution in [1.82, 2.24) is 15.6 Å². The van der Waals surface area contributed by atoms with E-state index in [-0.39, 0.29) is 11.4 Å². The van der Waals surface area contributed by atoms with Gasteiger partial charge in [-0.25, -0.2) is 5.43 Å². The molecule has 3 rings (SSSR count). The lowest BCUT2D eigenvalue weighted by Gasteiger charge is -2.04. The van der Waals surface area contributed by atoms with Crippen molar-refractivity contribution >= 4 is 17.8 Å². The number of hydrogen-bond donors (Lipinski definition) is 2. The number of nitrogens with zero attached hydrogens (tertiary/aromatic N) is 3. The smallest absolute Gasteiger partial charge is 0.289 e. The molecule has 0 aliphatic heterocycles. The molecule has 9 nitrogen and oxygen atoms in total. The van der Waals surface area contributed by atoms with E-state index in [0.717, 1.165) is 11.3 Å². The zero-order chi connectivity index (χ0) is 20.8. The summed E-state index contributed by atoms with van der Waals surface area (Å²) in [5.41, 5.74) is 5.30. The quantitative estimate of drug-likeness (QED) is 0.362. The molecule has 0 atom stereocenters. The summed E-state index contributed by atoms with van der Waals surface area (Å²) in [6, 6.07) is 13.4. The Morgan fingerprint density at radius 3 is 2.76 bits per heavy atom. The van der Waals surface area contributed by atoms with E-state index < -0.39 is 10.8 Å². The molecule has 148 valence electrons. The summed E-state index contributed by atoms with van der Waals surface area (Å²) in [4.78, 5) is 22.7. The number of H-pyrrole nitrogens is 1. The van der Waals surface area contributed by atoms with Crippen LogP contribution < -0.4 is 10.2 Å². The number of aromatic amines is 1. The largest absolute Gasteiger partial charge is 0.494 e. The standard InChI is InChI=1S/C20H19N5O4/c1-3-29-17-9-7-15(8-10-17)18-13(2)19(23-22-18)20(26)24-21-12-14-5-4-6-16(11-14)25(27)28/h4-12H,3H2,1-2H3,(H,22,23)(H,24,26)/b21-12+. The number of benzene rings is 2. The lowest BCUT2D eigenvalue weighted by atomic mass is 10.1. The van der Waals surface area contributed by atoms with Crippen molar-refractivity contribution in [3.8, 4) is 17.0 Å². The Bertz CT molecular complexity index is 1060. The lowest BCUT2D eigenvalue weighted by Crippen LogP contribution is -2.19. The van der Waals surface area contributed by atoms with E-state index in [4.69, 9.17) is 4.74 Å². The van der Waals surface area contributed by atoms with Gasteiger partial charge < -0.3 is 4.74 Å². The van der Waals surface area contributed by atoms with Crippen LogP contribution in [0.25, 0.3) is 11.3 Å². The van der Waals surface area contributed by atoms with Crippen LogP contribution in [0.3, 0.4) is 0 Å². The average Bonchev–Trinajstić information content (AvgIpc) is 3.10. The summed E-state index contributed by atoms with van der Waals surface area (Å²) in [5.74, 6) is 0.298. The second-order valence-corrected chi connectivity index (χ2v) is 6.08. The number of nitro benzene ring substituents is 1. The van der Waals surface area contributed by atoms with Crippen LogP contribution in [-0.4, -0.2) is 33.8 Å². The first-order valence-electron chi connectivity index (χ1n) is 8.85. The maximum Gasteiger partial charge on any atom is 0.289 e. The SMILES string of the molecule is CCOc1ccc(-c2n[nH]c(C(=O)N/N=C/c3cccc([N+](=O)[O-])c3)c2C)cc1. The number of nitrogens with one attached hydrogen (secondary N) is 2. The molecule has 1 amide bonds. The number of hydrazone groups is 1. The molecule has 2 N–H and O–H groups in total. The normalized spacial score (nSPS) is 10.8. The average molecular weight is 393 g/mol. The fraction of sp³-hybridized carbons (Fsp3) is 0.150. The fourth-order valence-corrected chi connectivity index (χ4v) is 2.72. The van der Waals surface area contributed by atoms with Crippen molar-refractivity contribution in [2.45, 2.75) is 13.8 Å². The number of nitro groups is 1. The number of carbonyl (C=O) groups is 1. The van der Waals surface area contributed by atoms with E-state index in [1.54, 1.807) is 19.1 Å². The van der Waals surface area contributed by atoms with E-state index in [2.05, 4.69) is 20.7 Å². The Morgan fingerprint density at radius 2 is 2.07 bits per heavy atom. The Kier molecular flexibility index (Phi) is 5.98. The summed E-state index contributed by atoms with van der Waals surface area (Å²) in [7, 11) is 0. The molecule has 1 heterocycles. The van der Waals surface area contributed by atoms with Crippen molar-refractivity contribution in [3.63, 3.8) is 0 Å². The van der Waals surface area contributed by atoms with Gasteiger partial charge >= 0.3 is 0 Å². The van der Waals surface area contributed by atoms with E-state index in [1.807, 2.05) is 31.2 Å². The van der Waals surface area contributed by atoms with Crippen LogP contribution in [0.5, 0.6) is 5.75 Å². The van der Waals surface area contributed by atoms with Gasteiger partial charge in [0.1, 0.15) is 11.4 Å². The van der Waals surface area contributed by atoms with Crippen LogP contribution in [-0.2, 0) is 0 Å². The van der Waals surface area contributed by atoms with Crippen LogP contribution >= 0.6 is 0 Å². The molecule has 0 unspecified atom stereocenters. The van der Waals surface area contributed by atoms with Crippen LogP contribution in [0, 0.1) is 17.0 Å². The lowest BCUT2D eigenvalue weighted by molar-refractivity contribution is -0.384. The van der Waals surface area contributed by atoms with Gasteiger partial charge in [-0.3, -0.25) is 20.0 Å². The maximum absolute atomic E-state index is 12.4. The summed E-state index contributed by atoms with van der Waals surface area (Å²) in [5, 5.41) is 21.6.